The predicted molar refractivity (Wildman–Crippen MR) is 67.9 cm³/mol. The number of methoxy groups -OCH3 is 2. The van der Waals surface area contributed by atoms with E-state index in [1.807, 2.05) is 18.2 Å². The molecular formula is C13H16N2O3. The summed E-state index contributed by atoms with van der Waals surface area (Å²) in [6, 6.07) is 5.62. The molecule has 5 heteroatoms. The first kappa shape index (κ1) is 12.4. The van der Waals surface area contributed by atoms with Gasteiger partial charge in [0.15, 0.2) is 0 Å². The van der Waals surface area contributed by atoms with E-state index in [2.05, 4.69) is 9.97 Å². The summed E-state index contributed by atoms with van der Waals surface area (Å²) in [5.74, 6) is 2.21. The lowest BCUT2D eigenvalue weighted by atomic mass is 10.1. The van der Waals surface area contributed by atoms with E-state index in [1.165, 1.54) is 0 Å². The van der Waals surface area contributed by atoms with E-state index >= 15 is 0 Å². The van der Waals surface area contributed by atoms with Gasteiger partial charge in [0.2, 0.25) is 0 Å². The van der Waals surface area contributed by atoms with Crippen molar-refractivity contribution >= 4 is 0 Å². The summed E-state index contributed by atoms with van der Waals surface area (Å²) >= 11 is 0. The van der Waals surface area contributed by atoms with Gasteiger partial charge >= 0.3 is 0 Å². The van der Waals surface area contributed by atoms with Crippen molar-refractivity contribution in [2.45, 2.75) is 6.42 Å². The van der Waals surface area contributed by atoms with Crippen LogP contribution in [0.2, 0.25) is 0 Å². The molecular weight excluding hydrogens is 232 g/mol. The highest BCUT2D eigenvalue weighted by Crippen LogP contribution is 2.28. The van der Waals surface area contributed by atoms with Crippen LogP contribution in [0.3, 0.4) is 0 Å². The van der Waals surface area contributed by atoms with Crippen molar-refractivity contribution in [1.82, 2.24) is 9.97 Å². The summed E-state index contributed by atoms with van der Waals surface area (Å²) in [4.78, 5) is 7.35. The van der Waals surface area contributed by atoms with Gasteiger partial charge in [-0.05, 0) is 12.1 Å². The van der Waals surface area contributed by atoms with Crippen molar-refractivity contribution in [3.05, 3.63) is 30.2 Å². The first-order valence-electron chi connectivity index (χ1n) is 5.65. The normalized spacial score (nSPS) is 10.4. The molecule has 0 aliphatic rings. The molecule has 2 N–H and O–H groups in total. The van der Waals surface area contributed by atoms with Crippen LogP contribution in [0.25, 0.3) is 11.3 Å². The molecule has 0 radical (unpaired) electrons. The van der Waals surface area contributed by atoms with Gasteiger partial charge in [-0.3, -0.25) is 0 Å². The van der Waals surface area contributed by atoms with E-state index in [4.69, 9.17) is 14.6 Å². The largest absolute Gasteiger partial charge is 0.497 e. The quantitative estimate of drug-likeness (QED) is 0.844. The Bertz CT molecular complexity index is 500. The van der Waals surface area contributed by atoms with Crippen LogP contribution >= 0.6 is 0 Å². The second kappa shape index (κ2) is 5.55. The molecule has 0 saturated heterocycles. The zero-order chi connectivity index (χ0) is 13.0. The monoisotopic (exact) mass is 248 g/mol. The van der Waals surface area contributed by atoms with E-state index in [0.29, 0.717) is 6.42 Å². The average Bonchev–Trinajstić information content (AvgIpc) is 2.87. The van der Waals surface area contributed by atoms with Crippen molar-refractivity contribution in [2.75, 3.05) is 20.8 Å². The molecule has 0 bridgehead atoms. The van der Waals surface area contributed by atoms with Crippen molar-refractivity contribution in [3.63, 3.8) is 0 Å². The number of H-pyrrole nitrogens is 1. The van der Waals surface area contributed by atoms with Gasteiger partial charge in [-0.1, -0.05) is 0 Å². The number of nitrogens with zero attached hydrogens (tertiary/aromatic N) is 1. The topological polar surface area (TPSA) is 67.4 Å². The zero-order valence-corrected chi connectivity index (χ0v) is 10.4. The molecule has 18 heavy (non-hydrogen) atoms. The third-order valence-electron chi connectivity index (χ3n) is 2.64. The lowest BCUT2D eigenvalue weighted by Gasteiger charge is -2.07. The maximum Gasteiger partial charge on any atom is 0.123 e. The molecule has 0 saturated carbocycles. The Morgan fingerprint density at radius 1 is 1.17 bits per heavy atom. The molecule has 0 fully saturated rings. The van der Waals surface area contributed by atoms with E-state index in [-0.39, 0.29) is 6.61 Å². The van der Waals surface area contributed by atoms with E-state index < -0.39 is 0 Å². The summed E-state index contributed by atoms with van der Waals surface area (Å²) in [6.07, 6.45) is 2.25. The van der Waals surface area contributed by atoms with Crippen LogP contribution in [0.4, 0.5) is 0 Å². The highest BCUT2D eigenvalue weighted by atomic mass is 16.5. The molecule has 0 aliphatic carbocycles. The summed E-state index contributed by atoms with van der Waals surface area (Å²) in [7, 11) is 3.23. The molecule has 5 nitrogen and oxygen atoms in total. The van der Waals surface area contributed by atoms with Crippen LogP contribution in [0, 0.1) is 0 Å². The number of imidazole rings is 1. The molecule has 1 heterocycles. The molecule has 1 aromatic carbocycles. The van der Waals surface area contributed by atoms with Crippen molar-refractivity contribution < 1.29 is 14.6 Å². The lowest BCUT2D eigenvalue weighted by molar-refractivity contribution is 0.297. The molecule has 0 spiro atoms. The predicted octanol–water partition coefficient (Wildman–Crippen LogP) is 1.63. The van der Waals surface area contributed by atoms with Gasteiger partial charge in [0.1, 0.15) is 17.3 Å². The highest BCUT2D eigenvalue weighted by molar-refractivity contribution is 5.63. The second-order valence-corrected chi connectivity index (χ2v) is 3.82. The van der Waals surface area contributed by atoms with Gasteiger partial charge in [-0.15, -0.1) is 0 Å². The number of aliphatic hydroxyl groups excluding tert-OH is 1. The maximum absolute atomic E-state index is 8.86. The first-order valence-corrected chi connectivity index (χ1v) is 5.65. The number of ether oxygens (including phenoxy) is 2. The molecule has 0 aliphatic heterocycles. The minimum atomic E-state index is 0.0778. The fourth-order valence-electron chi connectivity index (χ4n) is 1.71. The van der Waals surface area contributed by atoms with E-state index in [1.54, 1.807) is 20.4 Å². The van der Waals surface area contributed by atoms with Crippen LogP contribution in [-0.4, -0.2) is 35.9 Å². The lowest BCUT2D eigenvalue weighted by Crippen LogP contribution is -1.92. The Morgan fingerprint density at radius 2 is 1.83 bits per heavy atom. The Labute approximate surface area is 105 Å². The van der Waals surface area contributed by atoms with Gasteiger partial charge in [-0.25, -0.2) is 4.98 Å². The Kier molecular flexibility index (Phi) is 3.84. The third kappa shape index (κ3) is 2.62. The molecule has 96 valence electrons. The summed E-state index contributed by atoms with van der Waals surface area (Å²) < 4.78 is 10.4. The van der Waals surface area contributed by atoms with E-state index in [9.17, 15) is 0 Å². The number of aromatic nitrogens is 2. The molecule has 0 amide bonds. The number of aromatic amines is 1. The number of aliphatic hydroxyl groups is 1. The fourth-order valence-corrected chi connectivity index (χ4v) is 1.71. The molecule has 1 aromatic heterocycles. The third-order valence-corrected chi connectivity index (χ3v) is 2.64. The van der Waals surface area contributed by atoms with Gasteiger partial charge in [-0.2, -0.15) is 0 Å². The molecule has 2 rings (SSSR count). The van der Waals surface area contributed by atoms with Crippen molar-refractivity contribution in [1.29, 1.82) is 0 Å². The van der Waals surface area contributed by atoms with Gasteiger partial charge in [0.05, 0.1) is 32.7 Å². The Morgan fingerprint density at radius 3 is 2.39 bits per heavy atom. The van der Waals surface area contributed by atoms with Crippen LogP contribution in [0.5, 0.6) is 11.5 Å². The number of hydrogen-bond donors (Lipinski definition) is 2. The average molecular weight is 248 g/mol. The van der Waals surface area contributed by atoms with Gasteiger partial charge < -0.3 is 19.6 Å². The summed E-state index contributed by atoms with van der Waals surface area (Å²) in [5.41, 5.74) is 1.80. The van der Waals surface area contributed by atoms with Crippen LogP contribution in [0.1, 0.15) is 5.82 Å². The fraction of sp³-hybridized carbons (Fsp3) is 0.308. The van der Waals surface area contributed by atoms with Crippen LogP contribution in [0.15, 0.2) is 24.4 Å². The number of nitrogens with one attached hydrogen (secondary N) is 1. The zero-order valence-electron chi connectivity index (χ0n) is 10.4. The number of rotatable bonds is 5. The number of benzene rings is 1. The molecule has 0 unspecified atom stereocenters. The maximum atomic E-state index is 8.86. The highest BCUT2D eigenvalue weighted by Gasteiger charge is 2.07. The minimum absolute atomic E-state index is 0.0778. The van der Waals surface area contributed by atoms with Crippen molar-refractivity contribution in [3.8, 4) is 22.8 Å². The first-order chi connectivity index (χ1) is 8.76. The Hall–Kier alpha value is -2.01. The molecule has 2 aromatic rings. The smallest absolute Gasteiger partial charge is 0.123 e. The molecule has 0 atom stereocenters. The summed E-state index contributed by atoms with van der Waals surface area (Å²) in [6.45, 7) is 0.0778. The Balaban J connectivity index is 2.35. The number of hydrogen-bond acceptors (Lipinski definition) is 4. The second-order valence-electron chi connectivity index (χ2n) is 3.82. The van der Waals surface area contributed by atoms with Crippen LogP contribution in [-0.2, 0) is 6.42 Å². The van der Waals surface area contributed by atoms with E-state index in [0.717, 1.165) is 28.6 Å². The van der Waals surface area contributed by atoms with Crippen LogP contribution < -0.4 is 9.47 Å². The van der Waals surface area contributed by atoms with Crippen molar-refractivity contribution in [2.24, 2.45) is 0 Å². The standard InChI is InChI=1S/C13H16N2O3/c1-17-10-5-9(6-11(7-10)18-2)12-8-14-13(15-12)3-4-16/h5-8,16H,3-4H2,1-2H3,(H,14,15). The summed E-state index contributed by atoms with van der Waals surface area (Å²) in [5, 5.41) is 8.86. The minimum Gasteiger partial charge on any atom is -0.497 e. The SMILES string of the molecule is COc1cc(OC)cc(-c2cnc(CCO)[nH]2)c1. The van der Waals surface area contributed by atoms with Gasteiger partial charge in [0.25, 0.3) is 0 Å². The van der Waals surface area contributed by atoms with Gasteiger partial charge in [0, 0.05) is 18.1 Å².